The molecule has 21 heavy (non-hydrogen) atoms. The predicted octanol–water partition coefficient (Wildman–Crippen LogP) is -0.551. The molecule has 1 aliphatic heterocycles. The van der Waals surface area contributed by atoms with E-state index in [0.717, 1.165) is 38.8 Å². The summed E-state index contributed by atoms with van der Waals surface area (Å²) in [6.07, 6.45) is 4.75. The van der Waals surface area contributed by atoms with Crippen LogP contribution in [0.2, 0.25) is 0 Å². The highest BCUT2D eigenvalue weighted by Crippen LogP contribution is 2.39. The third-order valence-electron chi connectivity index (χ3n) is 4.14. The Kier molecular flexibility index (Phi) is 4.24. The molecule has 0 aromatic rings. The van der Waals surface area contributed by atoms with Crippen LogP contribution < -0.4 is 10.6 Å². The number of hydrogen-bond donors (Lipinski definition) is 2. The Balaban J connectivity index is 2.00. The molecular formula is C11H21N3O5S2. The van der Waals surface area contributed by atoms with Crippen molar-refractivity contribution in [2.45, 2.75) is 31.7 Å². The van der Waals surface area contributed by atoms with Crippen LogP contribution in [-0.2, 0) is 20.0 Å². The molecule has 1 spiro atoms. The Morgan fingerprint density at radius 3 is 1.90 bits per heavy atom. The van der Waals surface area contributed by atoms with Gasteiger partial charge in [-0.05, 0) is 31.1 Å². The monoisotopic (exact) mass is 339 g/mol. The Morgan fingerprint density at radius 2 is 1.57 bits per heavy atom. The minimum absolute atomic E-state index is 0.0741. The predicted molar refractivity (Wildman–Crippen MR) is 77.6 cm³/mol. The molecule has 1 saturated carbocycles. The quantitative estimate of drug-likeness (QED) is 0.713. The van der Waals surface area contributed by atoms with Gasteiger partial charge < -0.3 is 10.6 Å². The third kappa shape index (κ3) is 3.67. The summed E-state index contributed by atoms with van der Waals surface area (Å²) in [4.78, 5) is 12.0. The molecule has 0 unspecified atom stereocenters. The van der Waals surface area contributed by atoms with Crippen LogP contribution in [-0.4, -0.2) is 58.2 Å². The molecule has 0 aromatic heterocycles. The molecule has 2 aliphatic rings. The fraction of sp³-hybridized carbons (Fsp3) is 0.909. The standard InChI is InChI=1S/C11H21N3O5S2/c1-20(16,17)14(21(2,18)19)10(15)13-9-3-5-11(6-4-9)7-12-8-11/h9,12H,3-8H2,1-2H3,(H,13,15). The van der Waals surface area contributed by atoms with Gasteiger partial charge in [-0.15, -0.1) is 3.71 Å². The molecule has 1 saturated heterocycles. The van der Waals surface area contributed by atoms with Gasteiger partial charge in [0.05, 0.1) is 12.5 Å². The van der Waals surface area contributed by atoms with Gasteiger partial charge >= 0.3 is 6.03 Å². The summed E-state index contributed by atoms with van der Waals surface area (Å²) in [5.74, 6) is 0. The van der Waals surface area contributed by atoms with Crippen molar-refractivity contribution >= 4 is 26.1 Å². The highest BCUT2D eigenvalue weighted by atomic mass is 32.3. The van der Waals surface area contributed by atoms with E-state index in [0.29, 0.717) is 17.9 Å². The van der Waals surface area contributed by atoms with Gasteiger partial charge in [-0.2, -0.15) is 0 Å². The van der Waals surface area contributed by atoms with E-state index in [9.17, 15) is 21.6 Å². The average molecular weight is 339 g/mol. The molecule has 1 heterocycles. The van der Waals surface area contributed by atoms with E-state index in [4.69, 9.17) is 0 Å². The van der Waals surface area contributed by atoms with E-state index in [1.165, 1.54) is 0 Å². The van der Waals surface area contributed by atoms with Crippen molar-refractivity contribution in [1.29, 1.82) is 0 Å². The topological polar surface area (TPSA) is 113 Å². The van der Waals surface area contributed by atoms with Gasteiger partial charge in [0.25, 0.3) is 0 Å². The summed E-state index contributed by atoms with van der Waals surface area (Å²) in [6, 6.07) is -1.28. The minimum atomic E-state index is -4.17. The Hall–Kier alpha value is -0.870. The van der Waals surface area contributed by atoms with Crippen LogP contribution in [0.15, 0.2) is 0 Å². The van der Waals surface area contributed by atoms with Crippen molar-refractivity contribution in [3.63, 3.8) is 0 Å². The van der Waals surface area contributed by atoms with Crippen LogP contribution in [0.4, 0.5) is 4.79 Å². The van der Waals surface area contributed by atoms with Crippen LogP contribution in [0.25, 0.3) is 0 Å². The van der Waals surface area contributed by atoms with Crippen molar-refractivity contribution in [3.8, 4) is 0 Å². The van der Waals surface area contributed by atoms with Crippen molar-refractivity contribution in [1.82, 2.24) is 14.3 Å². The molecule has 0 aromatic carbocycles. The fourth-order valence-electron chi connectivity index (χ4n) is 2.98. The zero-order valence-electron chi connectivity index (χ0n) is 12.1. The first-order chi connectivity index (χ1) is 9.54. The summed E-state index contributed by atoms with van der Waals surface area (Å²) in [6.45, 7) is 1.96. The van der Waals surface area contributed by atoms with E-state index < -0.39 is 26.1 Å². The van der Waals surface area contributed by atoms with Crippen molar-refractivity contribution in [3.05, 3.63) is 0 Å². The molecule has 8 nitrogen and oxygen atoms in total. The second-order valence-corrected chi connectivity index (χ2v) is 9.94. The number of nitrogens with zero attached hydrogens (tertiary/aromatic N) is 1. The number of carbonyl (C=O) groups is 1. The average Bonchev–Trinajstić information content (AvgIpc) is 2.23. The maximum atomic E-state index is 12.0. The van der Waals surface area contributed by atoms with Gasteiger partial charge in [-0.1, -0.05) is 0 Å². The summed E-state index contributed by atoms with van der Waals surface area (Å²) in [7, 11) is -8.33. The van der Waals surface area contributed by atoms with Crippen LogP contribution in [0, 0.1) is 5.41 Å². The Bertz CT molecular complexity index is 582. The van der Waals surface area contributed by atoms with E-state index in [1.807, 2.05) is 0 Å². The lowest BCUT2D eigenvalue weighted by molar-refractivity contribution is 0.0925. The highest BCUT2D eigenvalue weighted by Gasteiger charge is 2.41. The van der Waals surface area contributed by atoms with Crippen LogP contribution >= 0.6 is 0 Å². The molecule has 2 N–H and O–H groups in total. The lowest BCUT2D eigenvalue weighted by atomic mass is 9.68. The Labute approximate surface area is 125 Å². The van der Waals surface area contributed by atoms with Crippen LogP contribution in [0.3, 0.4) is 0 Å². The molecular weight excluding hydrogens is 318 g/mol. The Morgan fingerprint density at radius 1 is 1.10 bits per heavy atom. The summed E-state index contributed by atoms with van der Waals surface area (Å²) >= 11 is 0. The minimum Gasteiger partial charge on any atom is -0.334 e. The molecule has 122 valence electrons. The third-order valence-corrected chi connectivity index (χ3v) is 7.30. The van der Waals surface area contributed by atoms with E-state index >= 15 is 0 Å². The highest BCUT2D eigenvalue weighted by molar-refractivity contribution is 8.04. The van der Waals surface area contributed by atoms with Crippen molar-refractivity contribution in [2.24, 2.45) is 5.41 Å². The SMILES string of the molecule is CS(=O)(=O)N(C(=O)NC1CCC2(CC1)CNC2)S(C)(=O)=O. The van der Waals surface area contributed by atoms with E-state index in [2.05, 4.69) is 10.6 Å². The lowest BCUT2D eigenvalue weighted by Crippen LogP contribution is -2.57. The number of sulfonamides is 2. The van der Waals surface area contributed by atoms with Gasteiger partial charge in [0.1, 0.15) is 0 Å². The molecule has 10 heteroatoms. The van der Waals surface area contributed by atoms with Crippen LogP contribution in [0.1, 0.15) is 25.7 Å². The number of hydrogen-bond acceptors (Lipinski definition) is 6. The maximum absolute atomic E-state index is 12.0. The van der Waals surface area contributed by atoms with E-state index in [1.54, 1.807) is 0 Å². The normalized spacial score (nSPS) is 22.6. The van der Waals surface area contributed by atoms with Gasteiger partial charge in [0.15, 0.2) is 0 Å². The molecule has 1 aliphatic carbocycles. The van der Waals surface area contributed by atoms with Crippen molar-refractivity contribution in [2.75, 3.05) is 25.6 Å². The first-order valence-corrected chi connectivity index (χ1v) is 10.4. The van der Waals surface area contributed by atoms with Gasteiger partial charge in [0, 0.05) is 19.1 Å². The zero-order chi connectivity index (χ0) is 15.9. The second kappa shape index (κ2) is 5.40. The molecule has 0 radical (unpaired) electrons. The van der Waals surface area contributed by atoms with Gasteiger partial charge in [-0.25, -0.2) is 21.6 Å². The largest absolute Gasteiger partial charge is 0.345 e. The molecule has 0 atom stereocenters. The molecule has 2 amide bonds. The number of carbonyl (C=O) groups excluding carboxylic acids is 1. The first-order valence-electron chi connectivity index (χ1n) is 6.75. The van der Waals surface area contributed by atoms with Gasteiger partial charge in [0.2, 0.25) is 20.0 Å². The number of urea groups is 1. The summed E-state index contributed by atoms with van der Waals surface area (Å²) in [5.41, 5.74) is 0.314. The molecule has 2 fully saturated rings. The first kappa shape index (κ1) is 16.5. The van der Waals surface area contributed by atoms with Gasteiger partial charge in [-0.3, -0.25) is 0 Å². The lowest BCUT2D eigenvalue weighted by Gasteiger charge is -2.47. The zero-order valence-corrected chi connectivity index (χ0v) is 13.8. The molecule has 2 rings (SSSR count). The van der Waals surface area contributed by atoms with Crippen molar-refractivity contribution < 1.29 is 21.6 Å². The fourth-order valence-corrected chi connectivity index (χ4v) is 5.66. The second-order valence-electron chi connectivity index (χ2n) is 6.05. The number of rotatable bonds is 3. The maximum Gasteiger partial charge on any atom is 0.345 e. The molecule has 0 bridgehead atoms. The van der Waals surface area contributed by atoms with Crippen LogP contribution in [0.5, 0.6) is 0 Å². The smallest absolute Gasteiger partial charge is 0.334 e. The number of amides is 2. The number of nitrogens with one attached hydrogen (secondary N) is 2. The summed E-state index contributed by atoms with van der Waals surface area (Å²) in [5, 5.41) is 5.76. The summed E-state index contributed by atoms with van der Waals surface area (Å²) < 4.78 is 45.9. The van der Waals surface area contributed by atoms with E-state index in [-0.39, 0.29) is 9.75 Å².